The zero-order valence-electron chi connectivity index (χ0n) is 11.0. The number of thiophene rings is 1. The fourth-order valence-electron chi connectivity index (χ4n) is 1.78. The van der Waals surface area contributed by atoms with Crippen LogP contribution < -0.4 is 5.73 Å². The lowest BCUT2D eigenvalue weighted by Gasteiger charge is -2.22. The molecule has 0 aliphatic rings. The van der Waals surface area contributed by atoms with E-state index in [0.717, 1.165) is 0 Å². The predicted octanol–water partition coefficient (Wildman–Crippen LogP) is 4.69. The first-order valence-electron chi connectivity index (χ1n) is 6.04. The van der Waals surface area contributed by atoms with Gasteiger partial charge in [-0.2, -0.15) is 0 Å². The lowest BCUT2D eigenvalue weighted by atomic mass is 10.1. The van der Waals surface area contributed by atoms with Crippen molar-refractivity contribution in [3.63, 3.8) is 0 Å². The van der Waals surface area contributed by atoms with E-state index < -0.39 is 0 Å². The monoisotopic (exact) mass is 277 g/mol. The number of rotatable bonds is 3. The Bertz CT molecular complexity index is 497. The maximum absolute atomic E-state index is 6.38. The van der Waals surface area contributed by atoms with Gasteiger partial charge in [0, 0.05) is 14.5 Å². The summed E-state index contributed by atoms with van der Waals surface area (Å²) in [6, 6.07) is 12.6. The van der Waals surface area contributed by atoms with Crippen LogP contribution in [-0.2, 0) is 0 Å². The molecule has 0 fully saturated rings. The van der Waals surface area contributed by atoms with Gasteiger partial charge in [0.1, 0.15) is 0 Å². The average molecular weight is 277 g/mol. The van der Waals surface area contributed by atoms with Crippen molar-refractivity contribution in [1.82, 2.24) is 0 Å². The molecule has 1 heterocycles. The first-order valence-corrected chi connectivity index (χ1v) is 7.74. The normalized spacial score (nSPS) is 13.6. The molecule has 2 aromatic rings. The van der Waals surface area contributed by atoms with E-state index in [1.807, 2.05) is 11.8 Å². The molecule has 1 aromatic carbocycles. The number of hydrogen-bond donors (Lipinski definition) is 1. The molecular weight excluding hydrogens is 258 g/mol. The molecule has 1 aromatic heterocycles. The van der Waals surface area contributed by atoms with E-state index in [2.05, 4.69) is 62.5 Å². The van der Waals surface area contributed by atoms with Crippen LogP contribution in [0.25, 0.3) is 0 Å². The summed E-state index contributed by atoms with van der Waals surface area (Å²) in [5.41, 5.74) is 7.60. The summed E-state index contributed by atoms with van der Waals surface area (Å²) in [6.07, 6.45) is 0. The molecule has 0 aliphatic carbocycles. The van der Waals surface area contributed by atoms with E-state index in [1.54, 1.807) is 11.3 Å². The van der Waals surface area contributed by atoms with Gasteiger partial charge in [0.25, 0.3) is 0 Å². The van der Waals surface area contributed by atoms with Gasteiger partial charge in [-0.25, -0.2) is 0 Å². The number of benzene rings is 1. The van der Waals surface area contributed by atoms with Crippen LogP contribution in [0.5, 0.6) is 0 Å². The maximum Gasteiger partial charge on any atom is 0.0656 e. The summed E-state index contributed by atoms with van der Waals surface area (Å²) in [5.74, 6) is 0. The molecule has 0 saturated carbocycles. The predicted molar refractivity (Wildman–Crippen MR) is 82.4 cm³/mol. The van der Waals surface area contributed by atoms with Gasteiger partial charge >= 0.3 is 0 Å². The Morgan fingerprint density at radius 3 is 2.44 bits per heavy atom. The highest BCUT2D eigenvalue weighted by Crippen LogP contribution is 2.37. The van der Waals surface area contributed by atoms with Gasteiger partial charge in [-0.1, -0.05) is 45.0 Å². The third-order valence-electron chi connectivity index (χ3n) is 2.52. The van der Waals surface area contributed by atoms with Crippen LogP contribution in [0.3, 0.4) is 0 Å². The summed E-state index contributed by atoms with van der Waals surface area (Å²) in [6.45, 7) is 6.68. The molecule has 2 rings (SSSR count). The van der Waals surface area contributed by atoms with Crippen molar-refractivity contribution >= 4 is 23.1 Å². The summed E-state index contributed by atoms with van der Waals surface area (Å²) < 4.78 is 0.200. The SMILES string of the molecule is CC(C)(C)Sc1ccccc1[C@H](N)c1cccs1. The highest BCUT2D eigenvalue weighted by molar-refractivity contribution is 8.00. The van der Waals surface area contributed by atoms with Gasteiger partial charge in [0.2, 0.25) is 0 Å². The fraction of sp³-hybridized carbons (Fsp3) is 0.333. The average Bonchev–Trinajstić information content (AvgIpc) is 2.80. The molecule has 0 spiro atoms. The largest absolute Gasteiger partial charge is 0.320 e. The van der Waals surface area contributed by atoms with Gasteiger partial charge < -0.3 is 5.73 Å². The highest BCUT2D eigenvalue weighted by atomic mass is 32.2. The fourth-order valence-corrected chi connectivity index (χ4v) is 3.65. The molecule has 0 radical (unpaired) electrons. The third-order valence-corrected chi connectivity index (χ3v) is 4.68. The Morgan fingerprint density at radius 1 is 1.11 bits per heavy atom. The lowest BCUT2D eigenvalue weighted by molar-refractivity contribution is 0.797. The molecule has 18 heavy (non-hydrogen) atoms. The van der Waals surface area contributed by atoms with Crippen LogP contribution in [0, 0.1) is 0 Å². The summed E-state index contributed by atoms with van der Waals surface area (Å²) in [4.78, 5) is 2.50. The summed E-state index contributed by atoms with van der Waals surface area (Å²) in [7, 11) is 0. The lowest BCUT2D eigenvalue weighted by Crippen LogP contribution is -2.13. The van der Waals surface area contributed by atoms with E-state index in [-0.39, 0.29) is 10.8 Å². The van der Waals surface area contributed by atoms with Crippen LogP contribution in [0.4, 0.5) is 0 Å². The van der Waals surface area contributed by atoms with E-state index in [1.165, 1.54) is 15.3 Å². The van der Waals surface area contributed by atoms with E-state index in [4.69, 9.17) is 5.73 Å². The molecule has 0 unspecified atom stereocenters. The number of nitrogens with two attached hydrogens (primary N) is 1. The second-order valence-corrected chi connectivity index (χ2v) is 8.09. The molecule has 1 nitrogen and oxygen atoms in total. The molecule has 2 N–H and O–H groups in total. The van der Waals surface area contributed by atoms with Crippen molar-refractivity contribution < 1.29 is 0 Å². The molecule has 0 saturated heterocycles. The van der Waals surface area contributed by atoms with Gasteiger partial charge in [0.15, 0.2) is 0 Å². The van der Waals surface area contributed by atoms with Gasteiger partial charge in [-0.05, 0) is 23.1 Å². The molecule has 3 heteroatoms. The minimum Gasteiger partial charge on any atom is -0.320 e. The van der Waals surface area contributed by atoms with Crippen molar-refractivity contribution in [2.45, 2.75) is 36.5 Å². The Morgan fingerprint density at radius 2 is 1.83 bits per heavy atom. The molecule has 0 aliphatic heterocycles. The standard InChI is InChI=1S/C15H19NS2/c1-15(2,3)18-12-8-5-4-7-11(12)14(16)13-9-6-10-17-13/h4-10,14H,16H2,1-3H3/t14-/m0/s1. The Kier molecular flexibility index (Phi) is 4.15. The Balaban J connectivity index is 2.33. The molecular formula is C15H19NS2. The Labute approximate surface area is 117 Å². The van der Waals surface area contributed by atoms with Crippen LogP contribution in [0.1, 0.15) is 37.3 Å². The topological polar surface area (TPSA) is 26.0 Å². The van der Waals surface area contributed by atoms with E-state index >= 15 is 0 Å². The zero-order chi connectivity index (χ0) is 13.2. The van der Waals surface area contributed by atoms with Gasteiger partial charge in [-0.3, -0.25) is 0 Å². The van der Waals surface area contributed by atoms with Crippen molar-refractivity contribution in [2.75, 3.05) is 0 Å². The van der Waals surface area contributed by atoms with Gasteiger partial charge in [0.05, 0.1) is 6.04 Å². The van der Waals surface area contributed by atoms with Crippen molar-refractivity contribution in [1.29, 1.82) is 0 Å². The highest BCUT2D eigenvalue weighted by Gasteiger charge is 2.18. The smallest absolute Gasteiger partial charge is 0.0656 e. The minimum atomic E-state index is -0.0175. The van der Waals surface area contributed by atoms with E-state index in [9.17, 15) is 0 Å². The second-order valence-electron chi connectivity index (χ2n) is 5.25. The second kappa shape index (κ2) is 5.47. The van der Waals surface area contributed by atoms with Crippen LogP contribution in [0.15, 0.2) is 46.7 Å². The van der Waals surface area contributed by atoms with Crippen molar-refractivity contribution in [3.05, 3.63) is 52.2 Å². The first-order chi connectivity index (χ1) is 8.47. The first kappa shape index (κ1) is 13.7. The molecule has 0 amide bonds. The molecule has 96 valence electrons. The Hall–Kier alpha value is -0.770. The summed E-state index contributed by atoms with van der Waals surface area (Å²) >= 11 is 3.60. The molecule has 1 atom stereocenters. The zero-order valence-corrected chi connectivity index (χ0v) is 12.6. The van der Waals surface area contributed by atoms with Gasteiger partial charge in [-0.15, -0.1) is 23.1 Å². The number of thioether (sulfide) groups is 1. The number of hydrogen-bond acceptors (Lipinski definition) is 3. The van der Waals surface area contributed by atoms with Crippen LogP contribution in [-0.4, -0.2) is 4.75 Å². The van der Waals surface area contributed by atoms with E-state index in [0.29, 0.717) is 0 Å². The molecule has 0 bridgehead atoms. The van der Waals surface area contributed by atoms with Crippen molar-refractivity contribution in [2.24, 2.45) is 5.73 Å². The quantitative estimate of drug-likeness (QED) is 0.824. The maximum atomic E-state index is 6.38. The van der Waals surface area contributed by atoms with Crippen molar-refractivity contribution in [3.8, 4) is 0 Å². The minimum absolute atomic E-state index is 0.0175. The van der Waals surface area contributed by atoms with Crippen LogP contribution in [0.2, 0.25) is 0 Å². The third kappa shape index (κ3) is 3.37. The summed E-state index contributed by atoms with van der Waals surface area (Å²) in [5, 5.41) is 2.08. The van der Waals surface area contributed by atoms with Crippen LogP contribution >= 0.6 is 23.1 Å².